The lowest BCUT2D eigenvalue weighted by atomic mass is 10.0. The SMILES string of the molecule is CCCNc1ccn([C@@H]2O[C@H](COP(=O)([O-])OP(=O)([O-])OP(=O)([O-])C3CCCCC3)[C@H](O)C2O)c(=O)n1. The molecule has 0 bridgehead atoms. The number of phosphoric ester groups is 1. The molecule has 4 unspecified atom stereocenters. The molecule has 2 fully saturated rings. The summed E-state index contributed by atoms with van der Waals surface area (Å²) in [6.07, 6.45) is -2.23. The predicted molar refractivity (Wildman–Crippen MR) is 121 cm³/mol. The molecular weight excluding hydrogens is 559 g/mol. The van der Waals surface area contributed by atoms with E-state index < -0.39 is 65.7 Å². The highest BCUT2D eigenvalue weighted by Crippen LogP contribution is 2.65. The lowest BCUT2D eigenvalue weighted by molar-refractivity contribution is -0.246. The van der Waals surface area contributed by atoms with Gasteiger partial charge in [-0.15, -0.1) is 0 Å². The van der Waals surface area contributed by atoms with Gasteiger partial charge in [0, 0.05) is 18.4 Å². The highest BCUT2D eigenvalue weighted by atomic mass is 31.3. The van der Waals surface area contributed by atoms with Crippen molar-refractivity contribution in [3.05, 3.63) is 22.7 Å². The molecule has 19 heteroatoms. The Kier molecular flexibility index (Phi) is 10.3. The maximum Gasteiger partial charge on any atom is 0.351 e. The van der Waals surface area contributed by atoms with E-state index in [2.05, 4.69) is 23.4 Å². The maximum atomic E-state index is 12.3. The second kappa shape index (κ2) is 12.5. The van der Waals surface area contributed by atoms with E-state index in [1.54, 1.807) is 0 Å². The molecule has 1 saturated heterocycles. The van der Waals surface area contributed by atoms with Crippen LogP contribution < -0.4 is 25.7 Å². The third-order valence-corrected chi connectivity index (χ3v) is 11.0. The van der Waals surface area contributed by atoms with Gasteiger partial charge in [0.2, 0.25) is 0 Å². The monoisotopic (exact) mass is 588 g/mol. The quantitative estimate of drug-likeness (QED) is 0.262. The number of phosphoric acid groups is 2. The van der Waals surface area contributed by atoms with Gasteiger partial charge in [-0.1, -0.05) is 26.2 Å². The molecule has 0 spiro atoms. The molecule has 16 nitrogen and oxygen atoms in total. The number of rotatable bonds is 12. The van der Waals surface area contributed by atoms with Gasteiger partial charge in [0.05, 0.1) is 6.61 Å². The Balaban J connectivity index is 1.59. The largest absolute Gasteiger partial charge is 0.778 e. The van der Waals surface area contributed by atoms with Crippen molar-refractivity contribution in [3.63, 3.8) is 0 Å². The van der Waals surface area contributed by atoms with Crippen molar-refractivity contribution in [1.82, 2.24) is 9.55 Å². The van der Waals surface area contributed by atoms with Crippen LogP contribution in [0.25, 0.3) is 0 Å². The molecule has 3 N–H and O–H groups in total. The normalized spacial score (nSPS) is 29.8. The van der Waals surface area contributed by atoms with E-state index in [4.69, 9.17) is 4.74 Å². The first kappa shape index (κ1) is 30.6. The molecule has 1 aromatic heterocycles. The Bertz CT molecular complexity index is 1130. The Labute approximate surface area is 212 Å². The maximum absolute atomic E-state index is 12.3. The summed E-state index contributed by atoms with van der Waals surface area (Å²) in [5, 5.41) is 23.4. The van der Waals surface area contributed by atoms with Gasteiger partial charge in [0.1, 0.15) is 31.7 Å². The van der Waals surface area contributed by atoms with Crippen molar-refractivity contribution in [3.8, 4) is 0 Å². The van der Waals surface area contributed by atoms with E-state index in [1.807, 2.05) is 6.92 Å². The van der Waals surface area contributed by atoms with Crippen molar-refractivity contribution < 1.29 is 56.5 Å². The average molecular weight is 588 g/mol. The standard InChI is InChI=1S/C18H32N3O13P3/c1-2-9-19-14-8-10-21(18(24)20-14)17-16(23)15(22)13(32-17)11-31-36(27,28)34-37(29,30)33-35(25,26)12-6-4-3-5-7-12/h8,10,12-13,15-17,22-23H,2-7,9,11H2,1H3,(H,25,26)(H,27,28)(H,29,30)(H,19,20,24)/p-3/t13-,15+,16?,17-/m1/s1. The molecule has 1 aromatic rings. The van der Waals surface area contributed by atoms with Crippen LogP contribution in [-0.4, -0.2) is 56.9 Å². The molecule has 1 aliphatic heterocycles. The Morgan fingerprint density at radius 3 is 2.41 bits per heavy atom. The first-order chi connectivity index (χ1) is 17.2. The average Bonchev–Trinajstić information content (AvgIpc) is 3.09. The number of aromatic nitrogens is 2. The summed E-state index contributed by atoms with van der Waals surface area (Å²) in [6.45, 7) is 1.43. The minimum atomic E-state index is -5.91. The molecular formula is C18H29N3O13P3-3. The second-order valence-corrected chi connectivity index (χ2v) is 13.8. The summed E-state index contributed by atoms with van der Waals surface area (Å²) in [4.78, 5) is 52.3. The number of ether oxygens (including phenoxy) is 1. The number of anilines is 1. The zero-order valence-electron chi connectivity index (χ0n) is 19.8. The third-order valence-electron chi connectivity index (χ3n) is 5.83. The molecule has 0 aromatic carbocycles. The zero-order chi connectivity index (χ0) is 27.4. The van der Waals surface area contributed by atoms with E-state index in [0.717, 1.165) is 17.4 Å². The van der Waals surface area contributed by atoms with Gasteiger partial charge in [0.25, 0.3) is 15.6 Å². The van der Waals surface area contributed by atoms with Crippen LogP contribution in [0.3, 0.4) is 0 Å². The minimum absolute atomic E-state index is 0.170. The molecule has 37 heavy (non-hydrogen) atoms. The molecule has 1 aliphatic carbocycles. The number of aliphatic hydroxyl groups excluding tert-OH is 2. The molecule has 0 amide bonds. The molecule has 3 rings (SSSR count). The summed E-state index contributed by atoms with van der Waals surface area (Å²) in [5.41, 5.74) is -1.92. The summed E-state index contributed by atoms with van der Waals surface area (Å²) >= 11 is 0. The lowest BCUT2D eigenvalue weighted by Gasteiger charge is -2.39. The molecule has 2 aliphatic rings. The fourth-order valence-corrected chi connectivity index (χ4v) is 8.52. The fourth-order valence-electron chi connectivity index (χ4n) is 3.98. The van der Waals surface area contributed by atoms with Crippen LogP contribution in [0, 0.1) is 0 Å². The Hall–Kier alpha value is -0.990. The van der Waals surface area contributed by atoms with Crippen LogP contribution in [0.4, 0.5) is 5.82 Å². The molecule has 2 heterocycles. The number of hydrogen-bond acceptors (Lipinski definition) is 15. The van der Waals surface area contributed by atoms with Gasteiger partial charge >= 0.3 is 5.69 Å². The van der Waals surface area contributed by atoms with Crippen molar-refractivity contribution in [1.29, 1.82) is 0 Å². The summed E-state index contributed by atoms with van der Waals surface area (Å²) < 4.78 is 54.8. The topological polar surface area (TPSA) is 245 Å². The van der Waals surface area contributed by atoms with Gasteiger partial charge in [0.15, 0.2) is 6.23 Å². The van der Waals surface area contributed by atoms with Crippen LogP contribution >= 0.6 is 23.2 Å². The zero-order valence-corrected chi connectivity index (χ0v) is 22.5. The predicted octanol–water partition coefficient (Wildman–Crippen LogP) is -0.443. The number of nitrogens with one attached hydrogen (secondary N) is 1. The molecule has 0 radical (unpaired) electrons. The van der Waals surface area contributed by atoms with Gasteiger partial charge < -0.3 is 44.0 Å². The van der Waals surface area contributed by atoms with Crippen LogP contribution in [0.15, 0.2) is 17.1 Å². The van der Waals surface area contributed by atoms with Gasteiger partial charge in [-0.3, -0.25) is 18.0 Å². The van der Waals surface area contributed by atoms with Crippen molar-refractivity contribution in [2.24, 2.45) is 0 Å². The van der Waals surface area contributed by atoms with E-state index in [1.165, 1.54) is 12.3 Å². The molecule has 7 atom stereocenters. The van der Waals surface area contributed by atoms with Crippen molar-refractivity contribution >= 4 is 29.1 Å². The van der Waals surface area contributed by atoms with E-state index >= 15 is 0 Å². The van der Waals surface area contributed by atoms with Crippen LogP contribution in [-0.2, 0) is 31.6 Å². The van der Waals surface area contributed by atoms with Gasteiger partial charge in [-0.2, -0.15) is 4.98 Å². The Morgan fingerprint density at radius 2 is 1.78 bits per heavy atom. The molecule has 1 saturated carbocycles. The van der Waals surface area contributed by atoms with Crippen LogP contribution in [0.1, 0.15) is 51.7 Å². The van der Waals surface area contributed by atoms with Crippen LogP contribution in [0.5, 0.6) is 0 Å². The minimum Gasteiger partial charge on any atom is -0.778 e. The Morgan fingerprint density at radius 1 is 1.11 bits per heavy atom. The van der Waals surface area contributed by atoms with E-state index in [-0.39, 0.29) is 18.7 Å². The van der Waals surface area contributed by atoms with Crippen LogP contribution in [0.2, 0.25) is 0 Å². The van der Waals surface area contributed by atoms with Gasteiger partial charge in [-0.25, -0.2) is 9.11 Å². The number of hydrogen-bond donors (Lipinski definition) is 3. The second-order valence-electron chi connectivity index (χ2n) is 8.66. The summed E-state index contributed by atoms with van der Waals surface area (Å²) in [7, 11) is -16.6. The first-order valence-electron chi connectivity index (χ1n) is 11.6. The lowest BCUT2D eigenvalue weighted by Crippen LogP contribution is -2.36. The fraction of sp³-hybridized carbons (Fsp3) is 0.778. The number of aliphatic hydroxyl groups is 2. The molecule has 212 valence electrons. The highest BCUT2D eigenvalue weighted by molar-refractivity contribution is 7.67. The first-order valence-corrected chi connectivity index (χ1v) is 16.1. The van der Waals surface area contributed by atoms with Gasteiger partial charge in [-0.05, 0) is 25.3 Å². The smallest absolute Gasteiger partial charge is 0.351 e. The summed E-state index contributed by atoms with van der Waals surface area (Å²) in [5.74, 6) is 0.274. The van der Waals surface area contributed by atoms with E-state index in [0.29, 0.717) is 19.4 Å². The van der Waals surface area contributed by atoms with E-state index in [9.17, 15) is 43.4 Å². The third kappa shape index (κ3) is 8.25. The highest BCUT2D eigenvalue weighted by Gasteiger charge is 2.45. The number of nitrogens with zero attached hydrogens (tertiary/aromatic N) is 2. The van der Waals surface area contributed by atoms with Crippen molar-refractivity contribution in [2.75, 3.05) is 18.5 Å². The van der Waals surface area contributed by atoms with Crippen molar-refractivity contribution in [2.45, 2.75) is 75.6 Å². The summed E-state index contributed by atoms with van der Waals surface area (Å²) in [6, 6.07) is 1.43.